The minimum atomic E-state index is -3.56. The standard InChI is InChI=1S/C21H24N2O5S/c1-3-7-16-19(11-10-15(14(2)24)20(16)25)28-12-6-13-29(26,27)21-22-17-8-4-5-9-18(17)23-21/h4-5,8-11,25H,3,6-7,12-13H2,1-2H3,(H,22,23). The lowest BCUT2D eigenvalue weighted by molar-refractivity contribution is 0.101. The number of fused-ring (bicyclic) bond motifs is 1. The SMILES string of the molecule is CCCc1c(OCCCS(=O)(=O)c2nc3ccccc3[nH]2)ccc(C(C)=O)c1O. The number of carbonyl (C=O) groups excluding carboxylic acids is 1. The maximum absolute atomic E-state index is 12.5. The van der Waals surface area contributed by atoms with Crippen LogP contribution < -0.4 is 4.74 Å². The van der Waals surface area contributed by atoms with Crippen molar-refractivity contribution in [3.8, 4) is 11.5 Å². The van der Waals surface area contributed by atoms with E-state index in [2.05, 4.69) is 9.97 Å². The van der Waals surface area contributed by atoms with Crippen molar-refractivity contribution < 1.29 is 23.1 Å². The molecule has 154 valence electrons. The summed E-state index contributed by atoms with van der Waals surface area (Å²) in [6.07, 6.45) is 1.59. The van der Waals surface area contributed by atoms with Gasteiger partial charge in [0.05, 0.1) is 29.0 Å². The van der Waals surface area contributed by atoms with E-state index in [1.165, 1.54) is 13.0 Å². The predicted molar refractivity (Wildman–Crippen MR) is 110 cm³/mol. The maximum Gasteiger partial charge on any atom is 0.226 e. The molecular weight excluding hydrogens is 392 g/mol. The highest BCUT2D eigenvalue weighted by molar-refractivity contribution is 7.91. The first kappa shape index (κ1) is 20.9. The second kappa shape index (κ2) is 8.65. The van der Waals surface area contributed by atoms with Crippen molar-refractivity contribution in [1.82, 2.24) is 9.97 Å². The first-order valence-corrected chi connectivity index (χ1v) is 11.1. The highest BCUT2D eigenvalue weighted by atomic mass is 32.2. The summed E-state index contributed by atoms with van der Waals surface area (Å²) in [4.78, 5) is 18.6. The Kier molecular flexibility index (Phi) is 6.22. The first-order valence-electron chi connectivity index (χ1n) is 9.49. The average molecular weight is 416 g/mol. The molecule has 3 aromatic rings. The van der Waals surface area contributed by atoms with E-state index in [0.717, 1.165) is 6.42 Å². The topological polar surface area (TPSA) is 109 Å². The van der Waals surface area contributed by atoms with Crippen LogP contribution in [0.3, 0.4) is 0 Å². The molecule has 1 heterocycles. The van der Waals surface area contributed by atoms with Crippen molar-refractivity contribution >= 4 is 26.7 Å². The molecule has 0 aliphatic carbocycles. The Hall–Kier alpha value is -2.87. The van der Waals surface area contributed by atoms with Gasteiger partial charge >= 0.3 is 0 Å². The maximum atomic E-state index is 12.5. The molecule has 0 bridgehead atoms. The number of ketones is 1. The number of Topliss-reactive ketones (excluding diaryl/α,β-unsaturated/α-hetero) is 1. The average Bonchev–Trinajstić information content (AvgIpc) is 3.12. The van der Waals surface area contributed by atoms with E-state index < -0.39 is 9.84 Å². The number of sulfone groups is 1. The number of hydrogen-bond donors (Lipinski definition) is 2. The third-order valence-corrected chi connectivity index (χ3v) is 6.20. The lowest BCUT2D eigenvalue weighted by Gasteiger charge is -2.14. The Morgan fingerprint density at radius 1 is 1.21 bits per heavy atom. The Bertz CT molecular complexity index is 1100. The van der Waals surface area contributed by atoms with Gasteiger partial charge in [0.1, 0.15) is 11.5 Å². The van der Waals surface area contributed by atoms with Crippen LogP contribution in [-0.4, -0.2) is 41.6 Å². The Labute approximate surface area is 169 Å². The number of benzene rings is 2. The van der Waals surface area contributed by atoms with E-state index in [-0.39, 0.29) is 41.0 Å². The van der Waals surface area contributed by atoms with Crippen LogP contribution >= 0.6 is 0 Å². The second-order valence-electron chi connectivity index (χ2n) is 6.82. The largest absolute Gasteiger partial charge is 0.507 e. The van der Waals surface area contributed by atoms with Gasteiger partial charge < -0.3 is 14.8 Å². The molecule has 0 radical (unpaired) electrons. The lowest BCUT2D eigenvalue weighted by Crippen LogP contribution is -2.12. The zero-order chi connectivity index (χ0) is 21.0. The summed E-state index contributed by atoms with van der Waals surface area (Å²) in [5, 5.41) is 10.3. The predicted octanol–water partition coefficient (Wildman–Crippen LogP) is 3.67. The molecule has 0 saturated heterocycles. The molecule has 7 nitrogen and oxygen atoms in total. The number of imidazole rings is 1. The van der Waals surface area contributed by atoms with Gasteiger partial charge in [0, 0.05) is 5.56 Å². The minimum Gasteiger partial charge on any atom is -0.507 e. The van der Waals surface area contributed by atoms with Crippen molar-refractivity contribution in [3.63, 3.8) is 0 Å². The lowest BCUT2D eigenvalue weighted by atomic mass is 10.0. The highest BCUT2D eigenvalue weighted by Crippen LogP contribution is 2.33. The number of aromatic amines is 1. The van der Waals surface area contributed by atoms with Crippen molar-refractivity contribution in [2.45, 2.75) is 38.3 Å². The van der Waals surface area contributed by atoms with E-state index in [0.29, 0.717) is 28.8 Å². The molecule has 0 spiro atoms. The second-order valence-corrected chi connectivity index (χ2v) is 8.85. The monoisotopic (exact) mass is 416 g/mol. The fraction of sp³-hybridized carbons (Fsp3) is 0.333. The van der Waals surface area contributed by atoms with Gasteiger partial charge in [-0.15, -0.1) is 0 Å². The fourth-order valence-corrected chi connectivity index (χ4v) is 4.33. The number of carbonyl (C=O) groups is 1. The summed E-state index contributed by atoms with van der Waals surface area (Å²) >= 11 is 0. The summed E-state index contributed by atoms with van der Waals surface area (Å²) in [7, 11) is -3.56. The summed E-state index contributed by atoms with van der Waals surface area (Å²) < 4.78 is 30.8. The molecule has 3 rings (SSSR count). The van der Waals surface area contributed by atoms with Gasteiger partial charge in [-0.25, -0.2) is 13.4 Å². The highest BCUT2D eigenvalue weighted by Gasteiger charge is 2.20. The van der Waals surface area contributed by atoms with Gasteiger partial charge in [-0.3, -0.25) is 4.79 Å². The number of ether oxygens (including phenoxy) is 1. The first-order chi connectivity index (χ1) is 13.8. The van der Waals surface area contributed by atoms with Crippen molar-refractivity contribution in [2.75, 3.05) is 12.4 Å². The molecule has 0 saturated carbocycles. The molecule has 2 N–H and O–H groups in total. The molecular formula is C21H24N2O5S. The quantitative estimate of drug-likeness (QED) is 0.407. The molecule has 0 unspecified atom stereocenters. The van der Waals surface area contributed by atoms with Gasteiger partial charge in [0.15, 0.2) is 5.78 Å². The molecule has 0 aliphatic heterocycles. The smallest absolute Gasteiger partial charge is 0.226 e. The van der Waals surface area contributed by atoms with E-state index in [4.69, 9.17) is 4.74 Å². The summed E-state index contributed by atoms with van der Waals surface area (Å²) in [6, 6.07) is 10.3. The summed E-state index contributed by atoms with van der Waals surface area (Å²) in [5.41, 5.74) is 2.11. The molecule has 0 fully saturated rings. The number of aromatic hydroxyl groups is 1. The van der Waals surface area contributed by atoms with Crippen molar-refractivity contribution in [2.24, 2.45) is 0 Å². The van der Waals surface area contributed by atoms with Crippen LogP contribution in [0.1, 0.15) is 42.6 Å². The van der Waals surface area contributed by atoms with E-state index in [1.807, 2.05) is 13.0 Å². The number of rotatable bonds is 9. The van der Waals surface area contributed by atoms with Gasteiger partial charge in [0.2, 0.25) is 15.0 Å². The summed E-state index contributed by atoms with van der Waals surface area (Å²) in [5.74, 6) is 0.0681. The zero-order valence-corrected chi connectivity index (χ0v) is 17.3. The van der Waals surface area contributed by atoms with Crippen LogP contribution in [0, 0.1) is 0 Å². The number of H-pyrrole nitrogens is 1. The number of para-hydroxylation sites is 2. The Morgan fingerprint density at radius 3 is 2.66 bits per heavy atom. The van der Waals surface area contributed by atoms with Crippen LogP contribution in [0.2, 0.25) is 0 Å². The molecule has 0 atom stereocenters. The molecule has 0 amide bonds. The van der Waals surface area contributed by atoms with Gasteiger partial charge in [0.25, 0.3) is 0 Å². The van der Waals surface area contributed by atoms with E-state index in [1.54, 1.807) is 24.3 Å². The van der Waals surface area contributed by atoms with Crippen LogP contribution in [-0.2, 0) is 16.3 Å². The van der Waals surface area contributed by atoms with E-state index >= 15 is 0 Å². The fourth-order valence-electron chi connectivity index (χ4n) is 3.13. The molecule has 8 heteroatoms. The third kappa shape index (κ3) is 4.59. The van der Waals surface area contributed by atoms with Crippen LogP contribution in [0.15, 0.2) is 41.6 Å². The summed E-state index contributed by atoms with van der Waals surface area (Å²) in [6.45, 7) is 3.52. The van der Waals surface area contributed by atoms with Crippen LogP contribution in [0.25, 0.3) is 11.0 Å². The molecule has 0 aliphatic rings. The van der Waals surface area contributed by atoms with E-state index in [9.17, 15) is 18.3 Å². The molecule has 1 aromatic heterocycles. The van der Waals surface area contributed by atoms with Gasteiger partial charge in [-0.1, -0.05) is 25.5 Å². The third-order valence-electron chi connectivity index (χ3n) is 4.60. The van der Waals surface area contributed by atoms with Gasteiger partial charge in [-0.2, -0.15) is 0 Å². The van der Waals surface area contributed by atoms with Gasteiger partial charge in [-0.05, 0) is 44.0 Å². The minimum absolute atomic E-state index is 0.0474. The number of phenols is 1. The van der Waals surface area contributed by atoms with Crippen LogP contribution in [0.5, 0.6) is 11.5 Å². The van der Waals surface area contributed by atoms with Crippen molar-refractivity contribution in [3.05, 3.63) is 47.5 Å². The molecule has 2 aromatic carbocycles. The Morgan fingerprint density at radius 2 is 1.97 bits per heavy atom. The Balaban J connectivity index is 1.66. The number of hydrogen-bond acceptors (Lipinski definition) is 6. The number of nitrogens with zero attached hydrogens (tertiary/aromatic N) is 1. The zero-order valence-electron chi connectivity index (χ0n) is 16.4. The number of phenolic OH excluding ortho intramolecular Hbond substituents is 1. The number of nitrogens with one attached hydrogen (secondary N) is 1. The molecule has 29 heavy (non-hydrogen) atoms. The van der Waals surface area contributed by atoms with Crippen LogP contribution in [0.4, 0.5) is 0 Å². The van der Waals surface area contributed by atoms with Crippen molar-refractivity contribution in [1.29, 1.82) is 0 Å². The number of aromatic nitrogens is 2. The normalized spacial score (nSPS) is 11.7.